The van der Waals surface area contributed by atoms with Crippen molar-refractivity contribution in [1.29, 1.82) is 0 Å². The van der Waals surface area contributed by atoms with Crippen LogP contribution < -0.4 is 0 Å². The fraction of sp³-hybridized carbons (Fsp3) is 0.222. The lowest BCUT2D eigenvalue weighted by Gasteiger charge is -2.30. The van der Waals surface area contributed by atoms with Gasteiger partial charge in [-0.15, -0.1) is 0 Å². The van der Waals surface area contributed by atoms with Gasteiger partial charge in [0.05, 0.1) is 5.56 Å². The van der Waals surface area contributed by atoms with Crippen LogP contribution in [0, 0.1) is 0 Å². The predicted octanol–water partition coefficient (Wildman–Crippen LogP) is 1.26. The molecule has 3 heterocycles. The molecule has 3 amide bonds. The van der Waals surface area contributed by atoms with Gasteiger partial charge in [0.2, 0.25) is 5.91 Å². The minimum Gasteiger partial charge on any atom is -0.336 e. The molecule has 4 rings (SSSR count). The molecule has 0 atom stereocenters. The first-order chi connectivity index (χ1) is 11.6. The fourth-order valence-corrected chi connectivity index (χ4v) is 3.20. The molecule has 6 nitrogen and oxygen atoms in total. The summed E-state index contributed by atoms with van der Waals surface area (Å²) in [5.41, 5.74) is 2.74. The third-order valence-corrected chi connectivity index (χ3v) is 4.51. The molecule has 1 aromatic heterocycles. The normalized spacial score (nSPS) is 16.2. The quantitative estimate of drug-likeness (QED) is 0.781. The first-order valence-corrected chi connectivity index (χ1v) is 7.81. The van der Waals surface area contributed by atoms with E-state index in [9.17, 15) is 14.4 Å². The van der Waals surface area contributed by atoms with Gasteiger partial charge in [0.25, 0.3) is 11.8 Å². The summed E-state index contributed by atoms with van der Waals surface area (Å²) < 4.78 is 0. The van der Waals surface area contributed by atoms with Gasteiger partial charge >= 0.3 is 0 Å². The van der Waals surface area contributed by atoms with Gasteiger partial charge in [0, 0.05) is 19.3 Å². The second-order valence-corrected chi connectivity index (χ2v) is 5.93. The van der Waals surface area contributed by atoms with Crippen molar-refractivity contribution in [2.24, 2.45) is 0 Å². The maximum absolute atomic E-state index is 12.6. The first-order valence-electron chi connectivity index (χ1n) is 7.81. The molecule has 0 N–H and O–H groups in total. The zero-order chi connectivity index (χ0) is 16.7. The summed E-state index contributed by atoms with van der Waals surface area (Å²) >= 11 is 0. The van der Waals surface area contributed by atoms with Crippen LogP contribution in [-0.4, -0.2) is 45.6 Å². The second-order valence-electron chi connectivity index (χ2n) is 5.93. The van der Waals surface area contributed by atoms with E-state index in [0.29, 0.717) is 13.1 Å². The molecule has 0 saturated carbocycles. The molecule has 2 aliphatic heterocycles. The number of amides is 3. The Morgan fingerprint density at radius 1 is 1.04 bits per heavy atom. The predicted molar refractivity (Wildman–Crippen MR) is 85.2 cm³/mol. The van der Waals surface area contributed by atoms with Crippen molar-refractivity contribution in [3.63, 3.8) is 0 Å². The van der Waals surface area contributed by atoms with Crippen molar-refractivity contribution in [2.75, 3.05) is 13.1 Å². The van der Waals surface area contributed by atoms with E-state index in [0.717, 1.165) is 16.9 Å². The average Bonchev–Trinajstić information content (AvgIpc) is 2.86. The molecular weight excluding hydrogens is 306 g/mol. The molecule has 0 saturated heterocycles. The molecule has 2 aliphatic rings. The second kappa shape index (κ2) is 5.56. The summed E-state index contributed by atoms with van der Waals surface area (Å²) in [5, 5.41) is 0. The number of aromatic nitrogens is 1. The largest absolute Gasteiger partial charge is 0.336 e. The Balaban J connectivity index is 1.50. The standard InChI is InChI=1S/C18H15N3O3/c22-15(20-9-7-12-4-1-2-5-13(12)10-20)11-21-17(23)14-6-3-8-19-16(14)18(21)24/h1-6,8H,7,9-11H2. The molecule has 0 bridgehead atoms. The zero-order valence-corrected chi connectivity index (χ0v) is 12.9. The van der Waals surface area contributed by atoms with Crippen LogP contribution in [0.25, 0.3) is 0 Å². The Hall–Kier alpha value is -3.02. The van der Waals surface area contributed by atoms with Gasteiger partial charge in [-0.25, -0.2) is 0 Å². The topological polar surface area (TPSA) is 70.6 Å². The third-order valence-electron chi connectivity index (χ3n) is 4.51. The number of carbonyl (C=O) groups is 3. The number of nitrogens with zero attached hydrogens (tertiary/aromatic N) is 3. The summed E-state index contributed by atoms with van der Waals surface area (Å²) in [6.07, 6.45) is 2.25. The lowest BCUT2D eigenvalue weighted by Crippen LogP contribution is -2.44. The third kappa shape index (κ3) is 2.27. The maximum atomic E-state index is 12.6. The molecule has 0 unspecified atom stereocenters. The van der Waals surface area contributed by atoms with Gasteiger partial charge in [0.1, 0.15) is 12.2 Å². The maximum Gasteiger partial charge on any atom is 0.280 e. The van der Waals surface area contributed by atoms with Crippen LogP contribution in [0.5, 0.6) is 0 Å². The highest BCUT2D eigenvalue weighted by atomic mass is 16.2. The van der Waals surface area contributed by atoms with Gasteiger partial charge in [-0.1, -0.05) is 24.3 Å². The van der Waals surface area contributed by atoms with Crippen molar-refractivity contribution in [3.8, 4) is 0 Å². The molecule has 1 aromatic carbocycles. The minimum atomic E-state index is -0.499. The van der Waals surface area contributed by atoms with E-state index in [-0.39, 0.29) is 23.7 Å². The SMILES string of the molecule is O=C(CN1C(=O)c2cccnc2C1=O)N1CCc2ccccc2C1. The molecule has 0 spiro atoms. The molecule has 0 radical (unpaired) electrons. The highest BCUT2D eigenvalue weighted by Gasteiger charge is 2.38. The number of pyridine rings is 1. The Morgan fingerprint density at radius 3 is 2.62 bits per heavy atom. The lowest BCUT2D eigenvalue weighted by atomic mass is 10.00. The van der Waals surface area contributed by atoms with Gasteiger partial charge in [0.15, 0.2) is 0 Å². The number of benzene rings is 1. The van der Waals surface area contributed by atoms with Gasteiger partial charge < -0.3 is 4.90 Å². The Kier molecular flexibility index (Phi) is 3.37. The summed E-state index contributed by atoms with van der Waals surface area (Å²) in [6.45, 7) is 0.865. The smallest absolute Gasteiger partial charge is 0.280 e. The molecule has 120 valence electrons. The summed E-state index contributed by atoms with van der Waals surface area (Å²) in [7, 11) is 0. The first kappa shape index (κ1) is 14.6. The van der Waals surface area contributed by atoms with E-state index in [1.807, 2.05) is 18.2 Å². The van der Waals surface area contributed by atoms with Crippen LogP contribution in [0.15, 0.2) is 42.6 Å². The van der Waals surface area contributed by atoms with Crippen molar-refractivity contribution in [3.05, 3.63) is 65.0 Å². The molecule has 0 aliphatic carbocycles. The van der Waals surface area contributed by atoms with Crippen molar-refractivity contribution >= 4 is 17.7 Å². The molecular formula is C18H15N3O3. The number of hydrogen-bond acceptors (Lipinski definition) is 4. The zero-order valence-electron chi connectivity index (χ0n) is 12.9. The van der Waals surface area contributed by atoms with Crippen molar-refractivity contribution < 1.29 is 14.4 Å². The highest BCUT2D eigenvalue weighted by molar-refractivity contribution is 6.21. The van der Waals surface area contributed by atoms with Crippen LogP contribution in [-0.2, 0) is 17.8 Å². The summed E-state index contributed by atoms with van der Waals surface area (Å²) in [6, 6.07) is 11.2. The van der Waals surface area contributed by atoms with Crippen LogP contribution in [0.1, 0.15) is 32.0 Å². The van der Waals surface area contributed by atoms with E-state index in [2.05, 4.69) is 11.1 Å². The van der Waals surface area contributed by atoms with Gasteiger partial charge in [-0.2, -0.15) is 0 Å². The number of fused-ring (bicyclic) bond motifs is 2. The molecule has 6 heteroatoms. The van der Waals surface area contributed by atoms with E-state index < -0.39 is 11.8 Å². The Bertz CT molecular complexity index is 827. The van der Waals surface area contributed by atoms with Crippen LogP contribution in [0.4, 0.5) is 0 Å². The van der Waals surface area contributed by atoms with Gasteiger partial charge in [-0.05, 0) is 29.7 Å². The number of carbonyl (C=O) groups excluding carboxylic acids is 3. The van der Waals surface area contributed by atoms with E-state index in [1.54, 1.807) is 17.0 Å². The Labute approximate surface area is 138 Å². The van der Waals surface area contributed by atoms with Crippen LogP contribution in [0.3, 0.4) is 0 Å². The van der Waals surface area contributed by atoms with Crippen molar-refractivity contribution in [1.82, 2.24) is 14.8 Å². The highest BCUT2D eigenvalue weighted by Crippen LogP contribution is 2.22. The summed E-state index contributed by atoms with van der Waals surface area (Å²) in [4.78, 5) is 43.8. The van der Waals surface area contributed by atoms with Crippen LogP contribution in [0.2, 0.25) is 0 Å². The van der Waals surface area contributed by atoms with E-state index in [1.165, 1.54) is 11.8 Å². The summed E-state index contributed by atoms with van der Waals surface area (Å²) in [5.74, 6) is -1.17. The minimum absolute atomic E-state index is 0.124. The molecule has 24 heavy (non-hydrogen) atoms. The molecule has 2 aromatic rings. The van der Waals surface area contributed by atoms with Gasteiger partial charge in [-0.3, -0.25) is 24.3 Å². The lowest BCUT2D eigenvalue weighted by molar-refractivity contribution is -0.132. The molecule has 0 fully saturated rings. The number of hydrogen-bond donors (Lipinski definition) is 0. The number of imide groups is 1. The van der Waals surface area contributed by atoms with Crippen molar-refractivity contribution in [2.45, 2.75) is 13.0 Å². The average molecular weight is 321 g/mol. The van der Waals surface area contributed by atoms with Crippen LogP contribution >= 0.6 is 0 Å². The van der Waals surface area contributed by atoms with E-state index in [4.69, 9.17) is 0 Å². The monoisotopic (exact) mass is 321 g/mol. The Morgan fingerprint density at radius 2 is 1.83 bits per heavy atom. The number of rotatable bonds is 2. The van der Waals surface area contributed by atoms with E-state index >= 15 is 0 Å². The fourth-order valence-electron chi connectivity index (χ4n) is 3.20.